The van der Waals surface area contributed by atoms with Crippen molar-refractivity contribution >= 4 is 10.9 Å². The zero-order chi connectivity index (χ0) is 18.3. The minimum absolute atomic E-state index is 0.0163. The molecule has 0 bridgehead atoms. The summed E-state index contributed by atoms with van der Waals surface area (Å²) in [5.41, 5.74) is 1.49. The first-order chi connectivity index (χ1) is 12.6. The van der Waals surface area contributed by atoms with Crippen molar-refractivity contribution < 1.29 is 23.4 Å². The Morgan fingerprint density at radius 1 is 1.31 bits per heavy atom. The van der Waals surface area contributed by atoms with Crippen molar-refractivity contribution in [2.75, 3.05) is 0 Å². The van der Waals surface area contributed by atoms with Crippen molar-refractivity contribution in [2.45, 2.75) is 32.2 Å². The van der Waals surface area contributed by atoms with Crippen LogP contribution in [0, 0.1) is 0 Å². The van der Waals surface area contributed by atoms with Crippen molar-refractivity contribution in [3.8, 4) is 22.8 Å². The van der Waals surface area contributed by atoms with E-state index < -0.39 is 12.2 Å². The highest BCUT2D eigenvalue weighted by molar-refractivity contribution is 5.89. The van der Waals surface area contributed by atoms with E-state index in [-0.39, 0.29) is 24.2 Å². The molecule has 0 saturated heterocycles. The lowest BCUT2D eigenvalue weighted by Gasteiger charge is -2.13. The standard InChI is InChI=1S/C17H15F2N3O4/c18-17(19)26-12-4-1-8(5-13(12)25-9-2-3-9)15-10(7-23)14-11(21-15)6-20-22-16(14)24/h1,4-6,9,17,21,23H,2-3,7H2,(H,22,24). The number of aromatic nitrogens is 3. The van der Waals surface area contributed by atoms with Gasteiger partial charge >= 0.3 is 6.61 Å². The molecule has 7 nitrogen and oxygen atoms in total. The van der Waals surface area contributed by atoms with Crippen LogP contribution in [0.15, 0.2) is 29.2 Å². The number of aliphatic hydroxyl groups excluding tert-OH is 1. The van der Waals surface area contributed by atoms with Crippen LogP contribution < -0.4 is 15.0 Å². The molecule has 9 heteroatoms. The summed E-state index contributed by atoms with van der Waals surface area (Å²) in [6, 6.07) is 4.50. The fourth-order valence-electron chi connectivity index (χ4n) is 2.85. The first kappa shape index (κ1) is 16.5. The minimum atomic E-state index is -2.96. The van der Waals surface area contributed by atoms with Crippen LogP contribution in [0.4, 0.5) is 8.78 Å². The van der Waals surface area contributed by atoms with Crippen molar-refractivity contribution in [3.63, 3.8) is 0 Å². The van der Waals surface area contributed by atoms with E-state index in [1.807, 2.05) is 0 Å². The number of aromatic amines is 2. The molecule has 0 unspecified atom stereocenters. The zero-order valence-electron chi connectivity index (χ0n) is 13.5. The third kappa shape index (κ3) is 3.01. The van der Waals surface area contributed by atoms with E-state index in [1.54, 1.807) is 12.1 Å². The summed E-state index contributed by atoms with van der Waals surface area (Å²) in [6.45, 7) is -3.34. The van der Waals surface area contributed by atoms with Crippen LogP contribution in [-0.2, 0) is 6.61 Å². The van der Waals surface area contributed by atoms with E-state index in [1.165, 1.54) is 12.3 Å². The Morgan fingerprint density at radius 3 is 2.81 bits per heavy atom. The summed E-state index contributed by atoms with van der Waals surface area (Å²) < 4.78 is 35.4. The molecule has 2 heterocycles. The van der Waals surface area contributed by atoms with Crippen molar-refractivity contribution in [1.29, 1.82) is 0 Å². The smallest absolute Gasteiger partial charge is 0.387 e. The Bertz CT molecular complexity index is 1010. The van der Waals surface area contributed by atoms with Crippen LogP contribution >= 0.6 is 0 Å². The largest absolute Gasteiger partial charge is 0.487 e. The van der Waals surface area contributed by atoms with E-state index >= 15 is 0 Å². The number of nitrogens with one attached hydrogen (secondary N) is 2. The Balaban J connectivity index is 1.83. The molecule has 0 aliphatic heterocycles. The first-order valence-corrected chi connectivity index (χ1v) is 8.02. The molecule has 0 spiro atoms. The van der Waals surface area contributed by atoms with Gasteiger partial charge in [-0.15, -0.1) is 0 Å². The SMILES string of the molecule is O=c1[nH]ncc2[nH]c(-c3ccc(OC(F)F)c(OC4CC4)c3)c(CO)c12. The Morgan fingerprint density at radius 2 is 2.12 bits per heavy atom. The number of halogens is 2. The van der Waals surface area contributed by atoms with Gasteiger partial charge < -0.3 is 19.6 Å². The number of H-pyrrole nitrogens is 2. The average molecular weight is 363 g/mol. The zero-order valence-corrected chi connectivity index (χ0v) is 13.5. The molecule has 4 rings (SSSR count). The molecule has 2 aromatic heterocycles. The second-order valence-electron chi connectivity index (χ2n) is 5.98. The van der Waals surface area contributed by atoms with Crippen molar-refractivity contribution in [2.24, 2.45) is 0 Å². The van der Waals surface area contributed by atoms with Crippen molar-refractivity contribution in [1.82, 2.24) is 15.2 Å². The molecule has 1 aliphatic rings. The highest BCUT2D eigenvalue weighted by Crippen LogP contribution is 2.39. The van der Waals surface area contributed by atoms with Gasteiger partial charge in [-0.2, -0.15) is 13.9 Å². The molecule has 1 aliphatic carbocycles. The number of benzene rings is 1. The third-order valence-corrected chi connectivity index (χ3v) is 4.14. The van der Waals surface area contributed by atoms with Crippen LogP contribution in [0.1, 0.15) is 18.4 Å². The summed E-state index contributed by atoms with van der Waals surface area (Å²) in [5.74, 6) is 0.136. The number of hydrogen-bond donors (Lipinski definition) is 3. The van der Waals surface area contributed by atoms with Gasteiger partial charge in [-0.25, -0.2) is 5.10 Å². The number of aliphatic hydroxyl groups is 1. The second-order valence-corrected chi connectivity index (χ2v) is 5.98. The van der Waals surface area contributed by atoms with Gasteiger partial charge in [0.15, 0.2) is 11.5 Å². The lowest BCUT2D eigenvalue weighted by Crippen LogP contribution is -2.08. The number of ether oxygens (including phenoxy) is 2. The molecule has 0 amide bonds. The van der Waals surface area contributed by atoms with E-state index in [0.29, 0.717) is 27.7 Å². The van der Waals surface area contributed by atoms with E-state index in [4.69, 9.17) is 4.74 Å². The summed E-state index contributed by atoms with van der Waals surface area (Å²) in [4.78, 5) is 15.1. The van der Waals surface area contributed by atoms with Gasteiger partial charge in [0.05, 0.1) is 35.5 Å². The normalized spacial score (nSPS) is 14.2. The van der Waals surface area contributed by atoms with Gasteiger partial charge in [0.2, 0.25) is 0 Å². The average Bonchev–Trinajstić information content (AvgIpc) is 3.33. The maximum atomic E-state index is 12.6. The van der Waals surface area contributed by atoms with Crippen LogP contribution in [0.25, 0.3) is 22.2 Å². The topological polar surface area (TPSA) is 100 Å². The fourth-order valence-corrected chi connectivity index (χ4v) is 2.85. The Hall–Kier alpha value is -2.94. The summed E-state index contributed by atoms with van der Waals surface area (Å²) in [6.07, 6.45) is 3.13. The van der Waals surface area contributed by atoms with Crippen LogP contribution in [0.3, 0.4) is 0 Å². The maximum Gasteiger partial charge on any atom is 0.387 e. The number of fused-ring (bicyclic) bond motifs is 1. The van der Waals surface area contributed by atoms with Gasteiger partial charge in [-0.1, -0.05) is 0 Å². The van der Waals surface area contributed by atoms with Gasteiger partial charge in [0, 0.05) is 11.1 Å². The molecule has 0 atom stereocenters. The van der Waals surface area contributed by atoms with Crippen LogP contribution in [-0.4, -0.2) is 33.0 Å². The summed E-state index contributed by atoms with van der Waals surface area (Å²) in [7, 11) is 0. The second kappa shape index (κ2) is 6.41. The molecule has 1 saturated carbocycles. The Kier molecular flexibility index (Phi) is 4.08. The van der Waals surface area contributed by atoms with E-state index in [0.717, 1.165) is 12.8 Å². The maximum absolute atomic E-state index is 12.6. The molecule has 3 N–H and O–H groups in total. The molecule has 1 fully saturated rings. The summed E-state index contributed by atoms with van der Waals surface area (Å²) in [5, 5.41) is 16.1. The van der Waals surface area contributed by atoms with Crippen molar-refractivity contribution in [3.05, 3.63) is 40.3 Å². The first-order valence-electron chi connectivity index (χ1n) is 8.02. The molecule has 136 valence electrons. The number of alkyl halides is 2. The minimum Gasteiger partial charge on any atom is -0.487 e. The molecule has 26 heavy (non-hydrogen) atoms. The summed E-state index contributed by atoms with van der Waals surface area (Å²) >= 11 is 0. The number of hydrogen-bond acceptors (Lipinski definition) is 5. The monoisotopic (exact) mass is 363 g/mol. The molecule has 3 aromatic rings. The highest BCUT2D eigenvalue weighted by Gasteiger charge is 2.26. The number of rotatable bonds is 6. The molecule has 0 radical (unpaired) electrons. The third-order valence-electron chi connectivity index (χ3n) is 4.14. The molecular weight excluding hydrogens is 348 g/mol. The molecule has 1 aromatic carbocycles. The van der Waals surface area contributed by atoms with Crippen LogP contribution in [0.2, 0.25) is 0 Å². The molecular formula is C17H15F2N3O4. The Labute approximate surface area is 145 Å². The predicted octanol–water partition coefficient (Wildman–Crippen LogP) is 2.55. The highest BCUT2D eigenvalue weighted by atomic mass is 19.3. The predicted molar refractivity (Wildman–Crippen MR) is 88.4 cm³/mol. The van der Waals surface area contributed by atoms with Gasteiger partial charge in [0.25, 0.3) is 5.56 Å². The van der Waals surface area contributed by atoms with E-state index in [2.05, 4.69) is 19.9 Å². The van der Waals surface area contributed by atoms with Gasteiger partial charge in [0.1, 0.15) is 0 Å². The van der Waals surface area contributed by atoms with Crippen LogP contribution in [0.5, 0.6) is 11.5 Å². The van der Waals surface area contributed by atoms with Gasteiger partial charge in [-0.05, 0) is 31.0 Å². The lowest BCUT2D eigenvalue weighted by molar-refractivity contribution is -0.0516. The number of nitrogens with zero attached hydrogens (tertiary/aromatic N) is 1. The van der Waals surface area contributed by atoms with E-state index in [9.17, 15) is 18.7 Å². The lowest BCUT2D eigenvalue weighted by atomic mass is 10.1. The fraction of sp³-hybridized carbons (Fsp3) is 0.294. The quantitative estimate of drug-likeness (QED) is 0.625. The van der Waals surface area contributed by atoms with Gasteiger partial charge in [-0.3, -0.25) is 4.79 Å².